The fraction of sp³-hybridized carbons (Fsp3) is 0.650. The number of benzene rings is 2. The summed E-state index contributed by atoms with van der Waals surface area (Å²) in [6, 6.07) is 15.4. The van der Waals surface area contributed by atoms with Crippen molar-refractivity contribution in [1.82, 2.24) is 15.1 Å². The molecule has 1 fully saturated rings. The molecule has 1 aliphatic rings. The molecule has 1 aliphatic heterocycles. The van der Waals surface area contributed by atoms with E-state index in [-0.39, 0.29) is 34.7 Å². The minimum atomic E-state index is -0.653. The summed E-state index contributed by atoms with van der Waals surface area (Å²) in [4.78, 5) is 32.2. The van der Waals surface area contributed by atoms with Gasteiger partial charge in [-0.3, -0.25) is 9.59 Å². The van der Waals surface area contributed by atoms with Gasteiger partial charge in [0.2, 0.25) is 11.8 Å². The molecule has 1 saturated heterocycles. The van der Waals surface area contributed by atoms with Crippen LogP contribution in [0.3, 0.4) is 0 Å². The van der Waals surface area contributed by atoms with E-state index in [2.05, 4.69) is 109 Å². The molecular formula is C40H66N6O2. The highest BCUT2D eigenvalue weighted by Gasteiger charge is 2.41. The highest BCUT2D eigenvalue weighted by atomic mass is 16.2. The second-order valence-corrected chi connectivity index (χ2v) is 16.5. The van der Waals surface area contributed by atoms with Gasteiger partial charge in [-0.05, 0) is 77.7 Å². The topological polar surface area (TPSA) is 131 Å². The second-order valence-electron chi connectivity index (χ2n) is 16.5. The van der Waals surface area contributed by atoms with Gasteiger partial charge in [-0.15, -0.1) is 0 Å². The van der Waals surface area contributed by atoms with E-state index < -0.39 is 12.1 Å². The smallest absolute Gasteiger partial charge is 0.240 e. The average molecular weight is 663 g/mol. The van der Waals surface area contributed by atoms with Crippen LogP contribution in [-0.2, 0) is 33.3 Å². The third kappa shape index (κ3) is 11.7. The minimum absolute atomic E-state index is 0.0366. The summed E-state index contributed by atoms with van der Waals surface area (Å²) in [6.07, 6.45) is 4.45. The lowest BCUT2D eigenvalue weighted by Gasteiger charge is -2.48. The lowest BCUT2D eigenvalue weighted by Crippen LogP contribution is -2.65. The Kier molecular flexibility index (Phi) is 14.7. The van der Waals surface area contributed by atoms with Crippen molar-refractivity contribution in [3.8, 4) is 0 Å². The molecule has 1 heterocycles. The van der Waals surface area contributed by atoms with Crippen LogP contribution >= 0.6 is 0 Å². The molecule has 2 amide bonds. The summed E-state index contributed by atoms with van der Waals surface area (Å²) in [5, 5.41) is 3.36. The van der Waals surface area contributed by atoms with E-state index in [9.17, 15) is 9.59 Å². The molecule has 0 aromatic heterocycles. The lowest BCUT2D eigenvalue weighted by atomic mass is 9.86. The zero-order valence-corrected chi connectivity index (χ0v) is 31.2. The van der Waals surface area contributed by atoms with Crippen molar-refractivity contribution < 1.29 is 9.59 Å². The number of amides is 2. The maximum Gasteiger partial charge on any atom is 0.240 e. The van der Waals surface area contributed by atoms with E-state index in [4.69, 9.17) is 17.2 Å². The summed E-state index contributed by atoms with van der Waals surface area (Å²) in [6.45, 7) is 20.7. The first-order valence-electron chi connectivity index (χ1n) is 18.2. The number of hydrogen-bond acceptors (Lipinski definition) is 6. The number of carbonyl (C=O) groups is 2. The molecule has 48 heavy (non-hydrogen) atoms. The first kappa shape index (κ1) is 39.7. The molecule has 1 unspecified atom stereocenters. The summed E-state index contributed by atoms with van der Waals surface area (Å²) in [5.41, 5.74) is 23.7. The Bertz CT molecular complexity index is 1280. The SMILES string of the molecule is CC(C)C[C@@H]1CN(C(=O)[C@H](N)Cc2ccc(C(C)(C)C)cc2)C(CCCCNCCN)CN1C(=O)[C@H](N)Cc1ccc(C(C)(C)C)cc1. The largest absolute Gasteiger partial charge is 0.335 e. The van der Waals surface area contributed by atoms with E-state index in [1.165, 1.54) is 11.1 Å². The summed E-state index contributed by atoms with van der Waals surface area (Å²) in [7, 11) is 0. The Hall–Kier alpha value is -2.78. The third-order valence-corrected chi connectivity index (χ3v) is 9.65. The van der Waals surface area contributed by atoms with Crippen LogP contribution in [0.15, 0.2) is 48.5 Å². The van der Waals surface area contributed by atoms with Crippen LogP contribution in [0.4, 0.5) is 0 Å². The van der Waals surface area contributed by atoms with Gasteiger partial charge in [-0.2, -0.15) is 0 Å². The predicted molar refractivity (Wildman–Crippen MR) is 200 cm³/mol. The lowest BCUT2D eigenvalue weighted by molar-refractivity contribution is -0.149. The Morgan fingerprint density at radius 2 is 1.17 bits per heavy atom. The Morgan fingerprint density at radius 1 is 0.729 bits per heavy atom. The molecule has 8 heteroatoms. The molecule has 2 aromatic carbocycles. The first-order valence-corrected chi connectivity index (χ1v) is 18.2. The van der Waals surface area contributed by atoms with Crippen molar-refractivity contribution >= 4 is 11.8 Å². The molecule has 3 rings (SSSR count). The number of piperazine rings is 1. The average Bonchev–Trinajstić information content (AvgIpc) is 3.01. The molecule has 0 radical (unpaired) electrons. The van der Waals surface area contributed by atoms with Crippen LogP contribution in [0, 0.1) is 5.92 Å². The van der Waals surface area contributed by atoms with E-state index >= 15 is 0 Å². The number of rotatable bonds is 15. The van der Waals surface area contributed by atoms with Gasteiger partial charge < -0.3 is 32.3 Å². The van der Waals surface area contributed by atoms with Crippen molar-refractivity contribution in [3.63, 3.8) is 0 Å². The van der Waals surface area contributed by atoms with Crippen molar-refractivity contribution in [2.75, 3.05) is 32.7 Å². The summed E-state index contributed by atoms with van der Waals surface area (Å²) in [5.74, 6) is 0.277. The van der Waals surface area contributed by atoms with Crippen LogP contribution < -0.4 is 22.5 Å². The zero-order chi connectivity index (χ0) is 35.6. The van der Waals surface area contributed by atoms with Gasteiger partial charge in [0.15, 0.2) is 0 Å². The molecule has 0 aliphatic carbocycles. The van der Waals surface area contributed by atoms with Crippen LogP contribution in [0.25, 0.3) is 0 Å². The highest BCUT2D eigenvalue weighted by Crippen LogP contribution is 2.27. The van der Waals surface area contributed by atoms with E-state index in [0.717, 1.165) is 49.9 Å². The summed E-state index contributed by atoms with van der Waals surface area (Å²) < 4.78 is 0. The zero-order valence-electron chi connectivity index (χ0n) is 31.2. The molecule has 2 aromatic rings. The van der Waals surface area contributed by atoms with Gasteiger partial charge in [0.25, 0.3) is 0 Å². The fourth-order valence-electron chi connectivity index (χ4n) is 6.73. The Morgan fingerprint density at radius 3 is 1.58 bits per heavy atom. The van der Waals surface area contributed by atoms with E-state index in [0.29, 0.717) is 38.4 Å². The van der Waals surface area contributed by atoms with Crippen LogP contribution in [0.1, 0.15) is 103 Å². The normalized spacial score (nSPS) is 18.7. The van der Waals surface area contributed by atoms with Gasteiger partial charge in [-0.1, -0.05) is 110 Å². The monoisotopic (exact) mass is 663 g/mol. The number of nitrogens with two attached hydrogens (primary N) is 3. The minimum Gasteiger partial charge on any atom is -0.335 e. The van der Waals surface area contributed by atoms with Gasteiger partial charge in [0.05, 0.1) is 12.1 Å². The van der Waals surface area contributed by atoms with E-state index in [1.54, 1.807) is 0 Å². The number of nitrogens with zero attached hydrogens (tertiary/aromatic N) is 2. The summed E-state index contributed by atoms with van der Waals surface area (Å²) >= 11 is 0. The number of nitrogens with one attached hydrogen (secondary N) is 1. The van der Waals surface area contributed by atoms with Gasteiger partial charge in [0.1, 0.15) is 0 Å². The second kappa shape index (κ2) is 17.7. The van der Waals surface area contributed by atoms with Crippen molar-refractivity contribution in [1.29, 1.82) is 0 Å². The van der Waals surface area contributed by atoms with Gasteiger partial charge in [0, 0.05) is 38.3 Å². The number of unbranched alkanes of at least 4 members (excludes halogenated alkanes) is 1. The van der Waals surface area contributed by atoms with E-state index in [1.807, 2.05) is 9.80 Å². The standard InChI is InChI=1S/C40H66N6O2/c1-28(2)23-34-27-45(37(47)35(42)24-29-12-16-31(17-13-29)39(3,4)5)33(11-9-10-21-44-22-20-41)26-46(34)38(48)36(43)25-30-14-18-32(19-15-30)40(6,7)8/h12-19,28,33-36,44H,9-11,20-27,41-43H2,1-8H3/t33?,34-,35-,36-/m1/s1. The van der Waals surface area contributed by atoms with Crippen LogP contribution in [0.5, 0.6) is 0 Å². The van der Waals surface area contributed by atoms with Crippen LogP contribution in [0.2, 0.25) is 0 Å². The first-order chi connectivity index (χ1) is 22.5. The van der Waals surface area contributed by atoms with Crippen LogP contribution in [-0.4, -0.2) is 78.5 Å². The van der Waals surface area contributed by atoms with Gasteiger partial charge >= 0.3 is 0 Å². The van der Waals surface area contributed by atoms with Gasteiger partial charge in [-0.25, -0.2) is 0 Å². The molecule has 8 nitrogen and oxygen atoms in total. The van der Waals surface area contributed by atoms with Crippen molar-refractivity contribution in [2.24, 2.45) is 23.1 Å². The molecular weight excluding hydrogens is 596 g/mol. The molecule has 0 bridgehead atoms. The fourth-order valence-corrected chi connectivity index (χ4v) is 6.73. The Balaban J connectivity index is 1.80. The third-order valence-electron chi connectivity index (χ3n) is 9.65. The maximum atomic E-state index is 14.1. The molecule has 0 saturated carbocycles. The van der Waals surface area contributed by atoms with Crippen molar-refractivity contribution in [2.45, 2.75) is 129 Å². The predicted octanol–water partition coefficient (Wildman–Crippen LogP) is 4.89. The number of hydrogen-bond donors (Lipinski definition) is 4. The molecule has 7 N–H and O–H groups in total. The molecule has 0 spiro atoms. The quantitative estimate of drug-likeness (QED) is 0.201. The van der Waals surface area contributed by atoms with Crippen molar-refractivity contribution in [3.05, 3.63) is 70.8 Å². The Labute approximate surface area is 291 Å². The maximum absolute atomic E-state index is 14.1. The molecule has 4 atom stereocenters. The number of carbonyl (C=O) groups excluding carboxylic acids is 2. The molecule has 268 valence electrons. The highest BCUT2D eigenvalue weighted by molar-refractivity contribution is 5.85.